The van der Waals surface area contributed by atoms with Crippen LogP contribution >= 0.6 is 0 Å². The minimum Gasteiger partial charge on any atom is -0.321 e. The fourth-order valence-electron chi connectivity index (χ4n) is 3.17. The molecule has 2 amide bonds. The molecule has 0 radical (unpaired) electrons. The van der Waals surface area contributed by atoms with Gasteiger partial charge in [0.15, 0.2) is 11.3 Å². The number of benzene rings is 1. The third-order valence-corrected chi connectivity index (χ3v) is 4.68. The van der Waals surface area contributed by atoms with E-state index in [1.807, 2.05) is 13.0 Å². The molecule has 4 aromatic rings. The Kier molecular flexibility index (Phi) is 5.63. The van der Waals surface area contributed by atoms with Crippen molar-refractivity contribution >= 4 is 28.8 Å². The summed E-state index contributed by atoms with van der Waals surface area (Å²) in [5.41, 5.74) is 0.703. The highest BCUT2D eigenvalue weighted by molar-refractivity contribution is 6.13. The largest absolute Gasteiger partial charge is 0.321 e. The van der Waals surface area contributed by atoms with Crippen molar-refractivity contribution in [2.45, 2.75) is 26.8 Å². The van der Waals surface area contributed by atoms with Gasteiger partial charge in [0, 0.05) is 24.1 Å². The van der Waals surface area contributed by atoms with E-state index in [9.17, 15) is 18.4 Å². The van der Waals surface area contributed by atoms with Crippen LogP contribution in [-0.2, 0) is 6.54 Å². The van der Waals surface area contributed by atoms with Crippen molar-refractivity contribution in [3.63, 3.8) is 0 Å². The molecule has 11 heteroatoms. The van der Waals surface area contributed by atoms with Gasteiger partial charge in [0.2, 0.25) is 0 Å². The third kappa shape index (κ3) is 4.04. The number of nitrogens with zero attached hydrogens (tertiary/aromatic N) is 5. The number of anilines is 2. The van der Waals surface area contributed by atoms with E-state index in [4.69, 9.17) is 0 Å². The number of rotatable bonds is 6. The zero-order valence-electron chi connectivity index (χ0n) is 17.2. The van der Waals surface area contributed by atoms with Crippen LogP contribution in [0.2, 0.25) is 0 Å². The number of aromatic nitrogens is 5. The van der Waals surface area contributed by atoms with E-state index in [0.717, 1.165) is 10.7 Å². The summed E-state index contributed by atoms with van der Waals surface area (Å²) in [7, 11) is 0. The van der Waals surface area contributed by atoms with E-state index in [2.05, 4.69) is 25.8 Å². The van der Waals surface area contributed by atoms with E-state index in [0.29, 0.717) is 17.9 Å². The minimum absolute atomic E-state index is 0.00373. The summed E-state index contributed by atoms with van der Waals surface area (Å²) < 4.78 is 29.1. The number of para-hydroxylation sites is 1. The number of alkyl halides is 2. The molecule has 0 aliphatic heterocycles. The van der Waals surface area contributed by atoms with Crippen LogP contribution in [0, 0.1) is 6.92 Å². The summed E-state index contributed by atoms with van der Waals surface area (Å²) in [6, 6.07) is 10.0. The first-order chi connectivity index (χ1) is 15.4. The number of carbonyl (C=O) groups excluding carboxylic acids is 2. The van der Waals surface area contributed by atoms with Crippen molar-refractivity contribution in [1.82, 2.24) is 24.4 Å². The number of fused-ring (bicyclic) bond motifs is 1. The predicted octanol–water partition coefficient (Wildman–Crippen LogP) is 3.70. The number of hydrogen-bond acceptors (Lipinski definition) is 5. The lowest BCUT2D eigenvalue weighted by Crippen LogP contribution is -2.18. The van der Waals surface area contributed by atoms with Crippen LogP contribution in [0.15, 0.2) is 48.8 Å². The second-order valence-corrected chi connectivity index (χ2v) is 6.94. The Morgan fingerprint density at radius 1 is 1.12 bits per heavy atom. The van der Waals surface area contributed by atoms with Crippen LogP contribution in [0.25, 0.3) is 5.65 Å². The fourth-order valence-corrected chi connectivity index (χ4v) is 3.17. The summed E-state index contributed by atoms with van der Waals surface area (Å²) in [6.45, 7) is 3.86. The average Bonchev–Trinajstić information content (AvgIpc) is 3.37. The predicted molar refractivity (Wildman–Crippen MR) is 113 cm³/mol. The van der Waals surface area contributed by atoms with E-state index >= 15 is 0 Å². The molecule has 0 saturated heterocycles. The van der Waals surface area contributed by atoms with Crippen LogP contribution in [0.4, 0.5) is 20.2 Å². The molecule has 3 heterocycles. The molecule has 0 unspecified atom stereocenters. The van der Waals surface area contributed by atoms with Gasteiger partial charge in [-0.2, -0.15) is 10.2 Å². The van der Waals surface area contributed by atoms with Gasteiger partial charge in [-0.25, -0.2) is 18.3 Å². The topological polar surface area (TPSA) is 106 Å². The number of hydrogen-bond donors (Lipinski definition) is 2. The fraction of sp³-hybridized carbons (Fsp3) is 0.190. The maximum absolute atomic E-state index is 13.4. The van der Waals surface area contributed by atoms with Gasteiger partial charge < -0.3 is 10.6 Å². The van der Waals surface area contributed by atoms with Gasteiger partial charge >= 0.3 is 0 Å². The van der Waals surface area contributed by atoms with E-state index in [1.54, 1.807) is 31.2 Å². The smallest absolute Gasteiger partial charge is 0.280 e. The Morgan fingerprint density at radius 3 is 2.56 bits per heavy atom. The molecule has 0 aliphatic rings. The first-order valence-electron chi connectivity index (χ1n) is 9.76. The molecule has 164 valence electrons. The highest BCUT2D eigenvalue weighted by Crippen LogP contribution is 2.23. The molecule has 9 nitrogen and oxygen atoms in total. The molecule has 3 aromatic heterocycles. The van der Waals surface area contributed by atoms with Crippen molar-refractivity contribution in [2.24, 2.45) is 0 Å². The monoisotopic (exact) mass is 439 g/mol. The molecule has 1 aromatic carbocycles. The van der Waals surface area contributed by atoms with Crippen molar-refractivity contribution < 1.29 is 18.4 Å². The average molecular weight is 439 g/mol. The summed E-state index contributed by atoms with van der Waals surface area (Å²) in [5, 5.41) is 13.5. The first kappa shape index (κ1) is 21.1. The number of carbonyl (C=O) groups is 2. The van der Waals surface area contributed by atoms with Crippen LogP contribution in [0.1, 0.15) is 45.6 Å². The van der Waals surface area contributed by atoms with Gasteiger partial charge in [-0.05, 0) is 32.0 Å². The Bertz CT molecular complexity index is 1300. The van der Waals surface area contributed by atoms with E-state index in [-0.39, 0.29) is 28.3 Å². The van der Waals surface area contributed by atoms with E-state index in [1.165, 1.54) is 16.9 Å². The van der Waals surface area contributed by atoms with Crippen LogP contribution in [0.3, 0.4) is 0 Å². The Hall–Kier alpha value is -4.15. The summed E-state index contributed by atoms with van der Waals surface area (Å²) in [4.78, 5) is 29.9. The molecule has 0 bridgehead atoms. The second-order valence-electron chi connectivity index (χ2n) is 6.94. The molecule has 0 fully saturated rings. The number of aryl methyl sites for hydroxylation is 2. The van der Waals surface area contributed by atoms with Gasteiger partial charge in [-0.15, -0.1) is 0 Å². The minimum atomic E-state index is -2.79. The number of halogens is 2. The molecule has 4 rings (SSSR count). The second kappa shape index (κ2) is 8.53. The molecule has 0 aliphatic carbocycles. The molecular formula is C21H19F2N7O2. The zero-order chi connectivity index (χ0) is 22.8. The summed E-state index contributed by atoms with van der Waals surface area (Å²) in [5.74, 6) is -1.16. The van der Waals surface area contributed by atoms with Gasteiger partial charge in [-0.3, -0.25) is 14.3 Å². The highest BCUT2D eigenvalue weighted by atomic mass is 19.3. The van der Waals surface area contributed by atoms with E-state index < -0.39 is 18.2 Å². The van der Waals surface area contributed by atoms with Gasteiger partial charge in [0.1, 0.15) is 11.3 Å². The molecule has 32 heavy (non-hydrogen) atoms. The Labute approximate surface area is 181 Å². The van der Waals surface area contributed by atoms with Crippen LogP contribution < -0.4 is 10.6 Å². The summed E-state index contributed by atoms with van der Waals surface area (Å²) >= 11 is 0. The standard InChI is InChI=1S/C21H19F2N7O2/c1-3-29-11-15(17(28-29)21(32)26-13-7-5-4-6-8-13)27-20(31)14-10-24-30-16(18(22)23)9-12(2)25-19(14)30/h4-11,18H,3H2,1-2H3,(H,26,32)(H,27,31). The van der Waals surface area contributed by atoms with Gasteiger partial charge in [0.25, 0.3) is 18.2 Å². The molecule has 0 spiro atoms. The SMILES string of the molecule is CCn1cc(NC(=O)c2cnn3c(C(F)F)cc(C)nc23)c(C(=O)Nc2ccccc2)n1. The first-order valence-corrected chi connectivity index (χ1v) is 9.76. The molecule has 0 atom stereocenters. The maximum atomic E-state index is 13.4. The lowest BCUT2D eigenvalue weighted by molar-refractivity contribution is 0.102. The van der Waals surface area contributed by atoms with Crippen molar-refractivity contribution in [1.29, 1.82) is 0 Å². The normalized spacial score (nSPS) is 11.2. The molecule has 0 saturated carbocycles. The number of nitrogens with one attached hydrogen (secondary N) is 2. The molecular weight excluding hydrogens is 420 g/mol. The summed E-state index contributed by atoms with van der Waals surface area (Å²) in [6.07, 6.45) is -0.102. The molecule has 2 N–H and O–H groups in total. The van der Waals surface area contributed by atoms with Gasteiger partial charge in [0.05, 0.1) is 11.9 Å². The van der Waals surface area contributed by atoms with Crippen molar-refractivity contribution in [3.05, 3.63) is 71.4 Å². The third-order valence-electron chi connectivity index (χ3n) is 4.68. The lowest BCUT2D eigenvalue weighted by Gasteiger charge is -2.07. The van der Waals surface area contributed by atoms with Crippen LogP contribution in [-0.4, -0.2) is 36.2 Å². The Morgan fingerprint density at radius 2 is 1.88 bits per heavy atom. The highest BCUT2D eigenvalue weighted by Gasteiger charge is 2.23. The number of amides is 2. The van der Waals surface area contributed by atoms with Crippen molar-refractivity contribution in [2.75, 3.05) is 10.6 Å². The van der Waals surface area contributed by atoms with Crippen molar-refractivity contribution in [3.8, 4) is 0 Å². The quantitative estimate of drug-likeness (QED) is 0.477. The van der Waals surface area contributed by atoms with Crippen LogP contribution in [0.5, 0.6) is 0 Å². The maximum Gasteiger partial charge on any atom is 0.280 e. The Balaban J connectivity index is 1.65. The van der Waals surface area contributed by atoms with Gasteiger partial charge in [-0.1, -0.05) is 18.2 Å². The lowest BCUT2D eigenvalue weighted by atomic mass is 10.2. The zero-order valence-corrected chi connectivity index (χ0v) is 17.2.